The average molecular weight is 612 g/mol. The first-order chi connectivity index (χ1) is 20.7. The van der Waals surface area contributed by atoms with Crippen LogP contribution >= 0.6 is 11.3 Å². The monoisotopic (exact) mass is 611 g/mol. The summed E-state index contributed by atoms with van der Waals surface area (Å²) in [5.41, 5.74) is 0.201. The number of hydrogen-bond acceptors (Lipinski definition) is 8. The number of fused-ring (bicyclic) bond motifs is 2. The van der Waals surface area contributed by atoms with Crippen LogP contribution in [0.4, 0.5) is 5.13 Å². The number of benzene rings is 1. The van der Waals surface area contributed by atoms with E-state index in [0.717, 1.165) is 28.8 Å². The molecule has 1 spiro atoms. The molecular formula is C32H45N5O5S. The fourth-order valence-electron chi connectivity index (χ4n) is 6.34. The number of hydrogen-bond donors (Lipinski definition) is 3. The Morgan fingerprint density at radius 1 is 1.23 bits per heavy atom. The van der Waals surface area contributed by atoms with E-state index >= 15 is 0 Å². The number of carbonyl (C=O) groups excluding carboxylic acids is 3. The van der Waals surface area contributed by atoms with Crippen LogP contribution in [0.1, 0.15) is 59.3 Å². The van der Waals surface area contributed by atoms with E-state index in [9.17, 15) is 14.4 Å². The second-order valence-corrected chi connectivity index (χ2v) is 13.5. The van der Waals surface area contributed by atoms with Crippen molar-refractivity contribution in [1.82, 2.24) is 20.5 Å². The SMILES string of the molecule is CCOc1ccc2nc(NC(=O)CN3CCC4(C/C=C\C[C@H]5COCC[C@H]5NC(=O)[C@@H](CC(C)C)NC4=O)CC3)sc2c1. The van der Waals surface area contributed by atoms with E-state index in [1.54, 1.807) is 0 Å². The van der Waals surface area contributed by atoms with Gasteiger partial charge in [-0.15, -0.1) is 0 Å². The topological polar surface area (TPSA) is 122 Å². The summed E-state index contributed by atoms with van der Waals surface area (Å²) in [5, 5.41) is 9.90. The Labute approximate surface area is 258 Å². The minimum Gasteiger partial charge on any atom is -0.494 e. The molecule has 3 atom stereocenters. The predicted molar refractivity (Wildman–Crippen MR) is 168 cm³/mol. The third-order valence-corrected chi connectivity index (χ3v) is 9.76. The van der Waals surface area contributed by atoms with Gasteiger partial charge in [-0.25, -0.2) is 4.98 Å². The van der Waals surface area contributed by atoms with Crippen molar-refractivity contribution in [2.24, 2.45) is 17.3 Å². The van der Waals surface area contributed by atoms with Gasteiger partial charge in [-0.05, 0) is 82.7 Å². The highest BCUT2D eigenvalue weighted by atomic mass is 32.1. The second kappa shape index (κ2) is 14.2. The molecule has 0 radical (unpaired) electrons. The Bertz CT molecular complexity index is 1320. The number of nitrogens with zero attached hydrogens (tertiary/aromatic N) is 2. The number of ether oxygens (including phenoxy) is 2. The molecule has 2 aromatic rings. The zero-order valence-corrected chi connectivity index (χ0v) is 26.3. The molecule has 234 valence electrons. The van der Waals surface area contributed by atoms with E-state index in [4.69, 9.17) is 9.47 Å². The Morgan fingerprint density at radius 2 is 2.05 bits per heavy atom. The number of allylic oxidation sites excluding steroid dienone is 2. The highest BCUT2D eigenvalue weighted by Gasteiger charge is 2.42. The number of carbonyl (C=O) groups is 3. The Morgan fingerprint density at radius 3 is 2.81 bits per heavy atom. The highest BCUT2D eigenvalue weighted by Crippen LogP contribution is 2.37. The third kappa shape index (κ3) is 7.93. The van der Waals surface area contributed by atoms with Crippen LogP contribution in [-0.4, -0.2) is 79.1 Å². The van der Waals surface area contributed by atoms with Gasteiger partial charge in [0, 0.05) is 18.6 Å². The number of piperidine rings is 1. The largest absolute Gasteiger partial charge is 0.494 e. The first-order valence-electron chi connectivity index (χ1n) is 15.6. The van der Waals surface area contributed by atoms with Gasteiger partial charge in [-0.1, -0.05) is 37.3 Å². The summed E-state index contributed by atoms with van der Waals surface area (Å²) in [4.78, 5) is 46.9. The van der Waals surface area contributed by atoms with Gasteiger partial charge in [0.15, 0.2) is 5.13 Å². The van der Waals surface area contributed by atoms with Crippen molar-refractivity contribution in [2.75, 3.05) is 44.8 Å². The van der Waals surface area contributed by atoms with Crippen LogP contribution in [0.15, 0.2) is 30.4 Å². The van der Waals surface area contributed by atoms with Gasteiger partial charge in [-0.2, -0.15) is 0 Å². The minimum absolute atomic E-state index is 0.0514. The number of thiazole rings is 1. The lowest BCUT2D eigenvalue weighted by molar-refractivity contribution is -0.138. The van der Waals surface area contributed by atoms with Gasteiger partial charge in [-0.3, -0.25) is 19.3 Å². The number of likely N-dealkylation sites (tertiary alicyclic amines) is 1. The molecular weight excluding hydrogens is 566 g/mol. The lowest BCUT2D eigenvalue weighted by Crippen LogP contribution is -2.57. The van der Waals surface area contributed by atoms with E-state index in [2.05, 4.69) is 51.8 Å². The molecule has 5 rings (SSSR count). The van der Waals surface area contributed by atoms with E-state index in [1.807, 2.05) is 25.1 Å². The van der Waals surface area contributed by atoms with Crippen molar-refractivity contribution in [3.8, 4) is 5.75 Å². The Hall–Kier alpha value is -3.02. The maximum Gasteiger partial charge on any atom is 0.242 e. The summed E-state index contributed by atoms with van der Waals surface area (Å²) >= 11 is 1.43. The number of aromatic nitrogens is 1. The smallest absolute Gasteiger partial charge is 0.242 e. The van der Waals surface area contributed by atoms with Crippen LogP contribution < -0.4 is 20.7 Å². The van der Waals surface area contributed by atoms with Gasteiger partial charge in [0.2, 0.25) is 17.7 Å². The summed E-state index contributed by atoms with van der Waals surface area (Å²) in [6.45, 7) is 9.41. The molecule has 1 aromatic heterocycles. The summed E-state index contributed by atoms with van der Waals surface area (Å²) in [6.07, 6.45) is 8.31. The van der Waals surface area contributed by atoms with Gasteiger partial charge in [0.05, 0.1) is 35.4 Å². The van der Waals surface area contributed by atoms with Crippen LogP contribution in [0.25, 0.3) is 10.2 Å². The average Bonchev–Trinajstić information content (AvgIpc) is 3.37. The zero-order valence-electron chi connectivity index (χ0n) is 25.5. The number of amides is 3. The van der Waals surface area contributed by atoms with Gasteiger partial charge in [0.25, 0.3) is 0 Å². The molecule has 10 nitrogen and oxygen atoms in total. The van der Waals surface area contributed by atoms with Crippen LogP contribution in [0.3, 0.4) is 0 Å². The van der Waals surface area contributed by atoms with Crippen LogP contribution in [0.5, 0.6) is 5.75 Å². The Balaban J connectivity index is 1.23. The molecule has 3 aliphatic heterocycles. The zero-order chi connectivity index (χ0) is 30.4. The molecule has 3 aliphatic rings. The van der Waals surface area contributed by atoms with Crippen LogP contribution in [0.2, 0.25) is 0 Å². The normalized spacial score (nSPS) is 25.7. The van der Waals surface area contributed by atoms with Gasteiger partial charge >= 0.3 is 0 Å². The van der Waals surface area contributed by atoms with Crippen molar-refractivity contribution >= 4 is 44.4 Å². The molecule has 3 N–H and O–H groups in total. The summed E-state index contributed by atoms with van der Waals surface area (Å²) in [6, 6.07) is 5.20. The van der Waals surface area contributed by atoms with Crippen molar-refractivity contribution in [1.29, 1.82) is 0 Å². The van der Waals surface area contributed by atoms with Crippen molar-refractivity contribution in [3.05, 3.63) is 30.4 Å². The molecule has 0 unspecified atom stereocenters. The molecule has 0 aliphatic carbocycles. The van der Waals surface area contributed by atoms with E-state index in [1.165, 1.54) is 11.3 Å². The fourth-order valence-corrected chi connectivity index (χ4v) is 7.25. The molecule has 0 saturated carbocycles. The van der Waals surface area contributed by atoms with E-state index < -0.39 is 11.5 Å². The quantitative estimate of drug-likeness (QED) is 0.403. The highest BCUT2D eigenvalue weighted by molar-refractivity contribution is 7.22. The predicted octanol–water partition coefficient (Wildman–Crippen LogP) is 4.12. The lowest BCUT2D eigenvalue weighted by Gasteiger charge is -2.41. The first kappa shape index (κ1) is 31.4. The number of anilines is 1. The van der Waals surface area contributed by atoms with Crippen molar-refractivity contribution < 1.29 is 23.9 Å². The van der Waals surface area contributed by atoms with E-state index in [-0.39, 0.29) is 42.1 Å². The molecule has 1 aromatic carbocycles. The van der Waals surface area contributed by atoms with Crippen LogP contribution in [0, 0.1) is 17.3 Å². The molecule has 43 heavy (non-hydrogen) atoms. The minimum atomic E-state index is -0.619. The first-order valence-corrected chi connectivity index (χ1v) is 16.5. The fraction of sp³-hybridized carbons (Fsp3) is 0.625. The summed E-state index contributed by atoms with van der Waals surface area (Å²) in [5.74, 6) is 0.979. The standard InChI is InChI=1S/C32H45N5O5S/c1-4-42-23-8-9-25-27(18-23)43-31(35-25)36-28(38)19-37-14-12-32(13-15-37)11-6-5-7-22-20-41-16-10-24(22)33-29(39)26(17-21(2)3)34-30(32)40/h5-6,8-9,18,21-22,24,26H,4,7,10-17,19-20H2,1-3H3,(H,33,39)(H,34,40)(H,35,36,38)/b6-5-/t22-,24+,26+/m0/s1. The maximum atomic E-state index is 13.9. The van der Waals surface area contributed by atoms with Gasteiger partial charge < -0.3 is 25.4 Å². The molecule has 4 heterocycles. The third-order valence-electron chi connectivity index (χ3n) is 8.82. The van der Waals surface area contributed by atoms with Crippen molar-refractivity contribution in [2.45, 2.75) is 71.4 Å². The molecule has 0 bridgehead atoms. The van der Waals surface area contributed by atoms with Gasteiger partial charge in [0.1, 0.15) is 11.8 Å². The molecule has 3 amide bonds. The maximum absolute atomic E-state index is 13.9. The summed E-state index contributed by atoms with van der Waals surface area (Å²) in [7, 11) is 0. The van der Waals surface area contributed by atoms with E-state index in [0.29, 0.717) is 63.7 Å². The molecule has 2 saturated heterocycles. The Kier molecular flexibility index (Phi) is 10.4. The number of rotatable bonds is 7. The summed E-state index contributed by atoms with van der Waals surface area (Å²) < 4.78 is 12.3. The lowest BCUT2D eigenvalue weighted by atomic mass is 9.74. The molecule has 2 fully saturated rings. The molecule has 11 heteroatoms. The second-order valence-electron chi connectivity index (χ2n) is 12.5. The van der Waals surface area contributed by atoms with Crippen molar-refractivity contribution in [3.63, 3.8) is 0 Å². The van der Waals surface area contributed by atoms with Crippen LogP contribution in [-0.2, 0) is 19.1 Å². The number of nitrogens with one attached hydrogen (secondary N) is 3.